The van der Waals surface area contributed by atoms with Crippen molar-refractivity contribution in [1.29, 1.82) is 0 Å². The summed E-state index contributed by atoms with van der Waals surface area (Å²) in [6.45, 7) is 3.14. The fourth-order valence-corrected chi connectivity index (χ4v) is 2.01. The van der Waals surface area contributed by atoms with E-state index in [1.165, 1.54) is 0 Å². The Morgan fingerprint density at radius 3 is 3.00 bits per heavy atom. The summed E-state index contributed by atoms with van der Waals surface area (Å²) >= 11 is 0. The van der Waals surface area contributed by atoms with Crippen LogP contribution in [0.4, 0.5) is 0 Å². The van der Waals surface area contributed by atoms with E-state index in [9.17, 15) is 0 Å². The molecule has 0 aliphatic heterocycles. The predicted molar refractivity (Wildman–Crippen MR) is 70.5 cm³/mol. The van der Waals surface area contributed by atoms with Gasteiger partial charge in [-0.1, -0.05) is 13.0 Å². The summed E-state index contributed by atoms with van der Waals surface area (Å²) in [4.78, 5) is 8.51. The third-order valence-corrected chi connectivity index (χ3v) is 2.94. The number of hydrogen-bond donors (Lipinski definition) is 2. The van der Waals surface area contributed by atoms with Crippen molar-refractivity contribution in [3.8, 4) is 0 Å². The van der Waals surface area contributed by atoms with Crippen LogP contribution in [-0.2, 0) is 13.0 Å². The van der Waals surface area contributed by atoms with E-state index >= 15 is 0 Å². The quantitative estimate of drug-likeness (QED) is 0.597. The lowest BCUT2D eigenvalue weighted by atomic mass is 10.1. The molecule has 0 fully saturated rings. The number of imidazole rings is 1. The fraction of sp³-hybridized carbons (Fsp3) is 0.385. The maximum absolute atomic E-state index is 5.63. The molecule has 5 nitrogen and oxygen atoms in total. The highest BCUT2D eigenvalue weighted by Gasteiger charge is 2.13. The number of hydrazine groups is 1. The highest BCUT2D eigenvalue weighted by atomic mass is 15.2. The Kier molecular flexibility index (Phi) is 4.44. The number of hydrogen-bond acceptors (Lipinski definition) is 4. The molecule has 0 saturated carbocycles. The van der Waals surface area contributed by atoms with Crippen LogP contribution in [0.5, 0.6) is 0 Å². The minimum Gasteiger partial charge on any atom is -0.335 e. The van der Waals surface area contributed by atoms with E-state index < -0.39 is 0 Å². The van der Waals surface area contributed by atoms with E-state index in [1.54, 1.807) is 6.20 Å². The molecule has 0 aliphatic carbocycles. The molecule has 18 heavy (non-hydrogen) atoms. The van der Waals surface area contributed by atoms with E-state index in [1.807, 2.05) is 30.7 Å². The average Bonchev–Trinajstić information content (AvgIpc) is 2.85. The molecule has 2 rings (SSSR count). The molecule has 0 spiro atoms. The summed E-state index contributed by atoms with van der Waals surface area (Å²) in [5.41, 5.74) is 3.91. The van der Waals surface area contributed by atoms with Crippen molar-refractivity contribution in [2.75, 3.05) is 0 Å². The molecule has 0 saturated heterocycles. The first-order valence-corrected chi connectivity index (χ1v) is 6.21. The lowest BCUT2D eigenvalue weighted by Crippen LogP contribution is -2.30. The van der Waals surface area contributed by atoms with Gasteiger partial charge >= 0.3 is 0 Å². The molecule has 3 N–H and O–H groups in total. The highest BCUT2D eigenvalue weighted by molar-refractivity contribution is 5.15. The van der Waals surface area contributed by atoms with Gasteiger partial charge in [0.1, 0.15) is 5.82 Å². The smallest absolute Gasteiger partial charge is 0.110 e. The van der Waals surface area contributed by atoms with Crippen LogP contribution in [-0.4, -0.2) is 14.5 Å². The van der Waals surface area contributed by atoms with Crippen LogP contribution in [0.2, 0.25) is 0 Å². The fourth-order valence-electron chi connectivity index (χ4n) is 2.01. The summed E-state index contributed by atoms with van der Waals surface area (Å²) in [5.74, 6) is 6.68. The first-order valence-electron chi connectivity index (χ1n) is 6.21. The topological polar surface area (TPSA) is 68.8 Å². The van der Waals surface area contributed by atoms with Gasteiger partial charge in [0.05, 0.1) is 6.04 Å². The zero-order valence-electron chi connectivity index (χ0n) is 10.6. The number of aromatic nitrogens is 3. The molecule has 2 aromatic rings. The molecule has 2 aromatic heterocycles. The zero-order valence-corrected chi connectivity index (χ0v) is 10.6. The predicted octanol–water partition coefficient (Wildman–Crippen LogP) is 1.44. The molecule has 0 amide bonds. The molecule has 1 atom stereocenters. The summed E-state index contributed by atoms with van der Waals surface area (Å²) in [7, 11) is 0. The van der Waals surface area contributed by atoms with Crippen molar-refractivity contribution >= 4 is 0 Å². The van der Waals surface area contributed by atoms with Gasteiger partial charge in [0.25, 0.3) is 0 Å². The first kappa shape index (κ1) is 12.7. The SMILES string of the molecule is CCCn1ccnc1CC(NN)c1cccnc1. The van der Waals surface area contributed by atoms with Crippen LogP contribution in [0.1, 0.15) is 30.8 Å². The van der Waals surface area contributed by atoms with Crippen molar-refractivity contribution in [1.82, 2.24) is 20.0 Å². The Hall–Kier alpha value is -1.72. The van der Waals surface area contributed by atoms with Crippen LogP contribution in [0.15, 0.2) is 36.9 Å². The molecule has 0 aliphatic rings. The van der Waals surface area contributed by atoms with E-state index in [2.05, 4.69) is 26.9 Å². The normalized spacial score (nSPS) is 12.6. The van der Waals surface area contributed by atoms with Crippen LogP contribution < -0.4 is 11.3 Å². The van der Waals surface area contributed by atoms with Crippen LogP contribution >= 0.6 is 0 Å². The van der Waals surface area contributed by atoms with Gasteiger partial charge in [0.15, 0.2) is 0 Å². The number of aryl methyl sites for hydroxylation is 1. The highest BCUT2D eigenvalue weighted by Crippen LogP contribution is 2.15. The Morgan fingerprint density at radius 1 is 1.44 bits per heavy atom. The van der Waals surface area contributed by atoms with Crippen molar-refractivity contribution in [2.45, 2.75) is 32.4 Å². The maximum Gasteiger partial charge on any atom is 0.110 e. The molecular weight excluding hydrogens is 226 g/mol. The second-order valence-corrected chi connectivity index (χ2v) is 4.25. The van der Waals surface area contributed by atoms with E-state index in [0.29, 0.717) is 0 Å². The third kappa shape index (κ3) is 2.94. The molecule has 0 bridgehead atoms. The number of rotatable bonds is 6. The second-order valence-electron chi connectivity index (χ2n) is 4.25. The third-order valence-electron chi connectivity index (χ3n) is 2.94. The molecule has 0 radical (unpaired) electrons. The van der Waals surface area contributed by atoms with Crippen LogP contribution in [0, 0.1) is 0 Å². The Labute approximate surface area is 107 Å². The molecular formula is C13H19N5. The first-order chi connectivity index (χ1) is 8.85. The van der Waals surface area contributed by atoms with E-state index in [4.69, 9.17) is 5.84 Å². The Bertz CT molecular complexity index is 465. The second kappa shape index (κ2) is 6.28. The van der Waals surface area contributed by atoms with Gasteiger partial charge < -0.3 is 4.57 Å². The molecule has 96 valence electrons. The van der Waals surface area contributed by atoms with Gasteiger partial charge in [-0.05, 0) is 18.1 Å². The number of pyridine rings is 1. The zero-order chi connectivity index (χ0) is 12.8. The number of nitrogens with two attached hydrogens (primary N) is 1. The molecule has 2 heterocycles. The van der Waals surface area contributed by atoms with Crippen molar-refractivity contribution in [3.05, 3.63) is 48.3 Å². The Balaban J connectivity index is 2.13. The van der Waals surface area contributed by atoms with Gasteiger partial charge in [0, 0.05) is 37.8 Å². The van der Waals surface area contributed by atoms with Gasteiger partial charge in [-0.3, -0.25) is 16.3 Å². The standard InChI is InChI=1S/C13H19N5/c1-2-7-18-8-6-16-13(18)9-12(17-14)11-4-3-5-15-10-11/h3-6,8,10,12,17H,2,7,9,14H2,1H3. The number of nitrogens with zero attached hydrogens (tertiary/aromatic N) is 3. The van der Waals surface area contributed by atoms with Crippen molar-refractivity contribution in [2.24, 2.45) is 5.84 Å². The average molecular weight is 245 g/mol. The van der Waals surface area contributed by atoms with Gasteiger partial charge in [0.2, 0.25) is 0 Å². The summed E-state index contributed by atoms with van der Waals surface area (Å²) in [6, 6.07) is 3.97. The van der Waals surface area contributed by atoms with Crippen LogP contribution in [0.3, 0.4) is 0 Å². The van der Waals surface area contributed by atoms with Crippen molar-refractivity contribution < 1.29 is 0 Å². The monoisotopic (exact) mass is 245 g/mol. The lowest BCUT2D eigenvalue weighted by Gasteiger charge is -2.16. The maximum atomic E-state index is 5.63. The summed E-state index contributed by atoms with van der Waals surface area (Å²) < 4.78 is 2.17. The minimum absolute atomic E-state index is 0.0386. The van der Waals surface area contributed by atoms with Crippen LogP contribution in [0.25, 0.3) is 0 Å². The van der Waals surface area contributed by atoms with Gasteiger partial charge in [-0.15, -0.1) is 0 Å². The lowest BCUT2D eigenvalue weighted by molar-refractivity contribution is 0.516. The Morgan fingerprint density at radius 2 is 2.33 bits per heavy atom. The molecule has 5 heteroatoms. The molecule has 0 aromatic carbocycles. The largest absolute Gasteiger partial charge is 0.335 e. The summed E-state index contributed by atoms with van der Waals surface area (Å²) in [6.07, 6.45) is 9.29. The van der Waals surface area contributed by atoms with E-state index in [0.717, 1.165) is 30.8 Å². The van der Waals surface area contributed by atoms with Gasteiger partial charge in [-0.2, -0.15) is 0 Å². The summed E-state index contributed by atoms with van der Waals surface area (Å²) in [5, 5.41) is 0. The minimum atomic E-state index is 0.0386. The van der Waals surface area contributed by atoms with E-state index in [-0.39, 0.29) is 6.04 Å². The number of nitrogens with one attached hydrogen (secondary N) is 1. The molecule has 1 unspecified atom stereocenters. The van der Waals surface area contributed by atoms with Crippen molar-refractivity contribution in [3.63, 3.8) is 0 Å². The van der Waals surface area contributed by atoms with Gasteiger partial charge in [-0.25, -0.2) is 4.98 Å².